The molecule has 2 aromatic rings. The Morgan fingerprint density at radius 1 is 1.17 bits per heavy atom. The van der Waals surface area contributed by atoms with Crippen LogP contribution in [0.25, 0.3) is 0 Å². The van der Waals surface area contributed by atoms with Gasteiger partial charge in [0.05, 0.1) is 12.2 Å². The van der Waals surface area contributed by atoms with Gasteiger partial charge in [-0.25, -0.2) is 4.68 Å². The fourth-order valence-corrected chi connectivity index (χ4v) is 3.48. The number of hydrogen-bond donors (Lipinski definition) is 0. The number of nitriles is 1. The number of aromatic nitrogens is 3. The molecule has 120 valence electrons. The fraction of sp³-hybridized carbons (Fsp3) is 0.526. The number of aryl methyl sites for hydroxylation is 1. The fourth-order valence-electron chi connectivity index (χ4n) is 3.48. The van der Waals surface area contributed by atoms with Crippen LogP contribution in [-0.4, -0.2) is 15.0 Å². The minimum atomic E-state index is 0.493. The third kappa shape index (κ3) is 3.98. The number of rotatable bonds is 5. The second-order valence-electron chi connectivity index (χ2n) is 6.68. The summed E-state index contributed by atoms with van der Waals surface area (Å²) < 4.78 is 1.91. The molecule has 23 heavy (non-hydrogen) atoms. The molecule has 1 saturated carbocycles. The quantitative estimate of drug-likeness (QED) is 0.838. The lowest BCUT2D eigenvalue weighted by atomic mass is 9.85. The number of nitrogens with zero attached hydrogens (tertiary/aromatic N) is 4. The summed E-state index contributed by atoms with van der Waals surface area (Å²) in [6.07, 6.45) is 8.82. The first-order valence-electron chi connectivity index (χ1n) is 8.64. The highest BCUT2D eigenvalue weighted by Gasteiger charge is 2.17. The Balaban J connectivity index is 1.71. The summed E-state index contributed by atoms with van der Waals surface area (Å²) in [5.41, 5.74) is 3.94. The Morgan fingerprint density at radius 3 is 2.61 bits per heavy atom. The van der Waals surface area contributed by atoms with Gasteiger partial charge in [-0.3, -0.25) is 0 Å². The minimum absolute atomic E-state index is 0.493. The van der Waals surface area contributed by atoms with E-state index in [-0.39, 0.29) is 0 Å². The zero-order valence-electron chi connectivity index (χ0n) is 13.8. The average molecular weight is 308 g/mol. The molecule has 1 heterocycles. The van der Waals surface area contributed by atoms with Crippen molar-refractivity contribution in [3.8, 4) is 6.07 Å². The van der Waals surface area contributed by atoms with Gasteiger partial charge in [0.1, 0.15) is 6.07 Å². The van der Waals surface area contributed by atoms with Crippen LogP contribution >= 0.6 is 0 Å². The third-order valence-corrected chi connectivity index (χ3v) is 4.91. The lowest BCUT2D eigenvalue weighted by Gasteiger charge is -2.21. The third-order valence-electron chi connectivity index (χ3n) is 4.91. The Morgan fingerprint density at radius 2 is 1.91 bits per heavy atom. The van der Waals surface area contributed by atoms with E-state index in [2.05, 4.69) is 47.6 Å². The summed E-state index contributed by atoms with van der Waals surface area (Å²) in [6, 6.07) is 10.7. The molecule has 0 unspecified atom stereocenters. The molecule has 1 fully saturated rings. The average Bonchev–Trinajstić information content (AvgIpc) is 2.98. The lowest BCUT2D eigenvalue weighted by molar-refractivity contribution is 0.336. The minimum Gasteiger partial charge on any atom is -0.244 e. The molecule has 0 atom stereocenters. The molecule has 0 amide bonds. The molecule has 0 N–H and O–H groups in total. The van der Waals surface area contributed by atoms with Crippen molar-refractivity contribution in [1.82, 2.24) is 15.0 Å². The molecule has 1 aliphatic carbocycles. The highest BCUT2D eigenvalue weighted by Crippen LogP contribution is 2.27. The molecule has 1 aromatic carbocycles. The molecular weight excluding hydrogens is 284 g/mol. The molecule has 0 saturated heterocycles. The van der Waals surface area contributed by atoms with E-state index in [4.69, 9.17) is 0 Å². The zero-order chi connectivity index (χ0) is 16.1. The van der Waals surface area contributed by atoms with Gasteiger partial charge in [-0.1, -0.05) is 67.1 Å². The van der Waals surface area contributed by atoms with Gasteiger partial charge in [0, 0.05) is 0 Å². The maximum absolute atomic E-state index is 9.31. The molecule has 0 radical (unpaired) electrons. The van der Waals surface area contributed by atoms with Crippen molar-refractivity contribution in [2.24, 2.45) is 5.92 Å². The summed E-state index contributed by atoms with van der Waals surface area (Å²) in [5, 5.41) is 17.6. The predicted octanol–water partition coefficient (Wildman–Crippen LogP) is 4.02. The van der Waals surface area contributed by atoms with Crippen molar-refractivity contribution in [3.63, 3.8) is 0 Å². The van der Waals surface area contributed by atoms with E-state index in [1.54, 1.807) is 0 Å². The van der Waals surface area contributed by atoms with Gasteiger partial charge in [0.25, 0.3) is 0 Å². The molecule has 0 bridgehead atoms. The topological polar surface area (TPSA) is 54.5 Å². The molecule has 1 aliphatic rings. The van der Waals surface area contributed by atoms with Gasteiger partial charge >= 0.3 is 0 Å². The zero-order valence-corrected chi connectivity index (χ0v) is 13.8. The van der Waals surface area contributed by atoms with Crippen molar-refractivity contribution in [2.75, 3.05) is 0 Å². The van der Waals surface area contributed by atoms with Crippen molar-refractivity contribution >= 4 is 0 Å². The van der Waals surface area contributed by atoms with Crippen LogP contribution in [0.1, 0.15) is 61.0 Å². The van der Waals surface area contributed by atoms with Gasteiger partial charge in [-0.2, -0.15) is 5.26 Å². The first-order valence-corrected chi connectivity index (χ1v) is 8.64. The van der Waals surface area contributed by atoms with E-state index >= 15 is 0 Å². The van der Waals surface area contributed by atoms with E-state index < -0.39 is 0 Å². The largest absolute Gasteiger partial charge is 0.244 e. The van der Waals surface area contributed by atoms with Crippen LogP contribution in [0.2, 0.25) is 0 Å². The Hall–Kier alpha value is -2.15. The monoisotopic (exact) mass is 308 g/mol. The molecule has 0 aliphatic heterocycles. The highest BCUT2D eigenvalue weighted by molar-refractivity contribution is 5.27. The normalized spacial score (nSPS) is 15.5. The molecular formula is C19H24N4. The maximum Gasteiger partial charge on any atom is 0.185 e. The van der Waals surface area contributed by atoms with Gasteiger partial charge in [0.2, 0.25) is 0 Å². The molecule has 4 nitrogen and oxygen atoms in total. The van der Waals surface area contributed by atoms with Crippen LogP contribution in [0.5, 0.6) is 0 Å². The Kier molecular flexibility index (Phi) is 5.07. The van der Waals surface area contributed by atoms with E-state index in [1.807, 2.05) is 4.68 Å². The Labute approximate surface area is 138 Å². The SMILES string of the molecule is Cc1ccc(Cn2nnc(C#N)c2CCC2CCCCC2)cc1. The van der Waals surface area contributed by atoms with Crippen molar-refractivity contribution < 1.29 is 0 Å². The van der Waals surface area contributed by atoms with Crippen molar-refractivity contribution in [2.45, 2.75) is 58.4 Å². The van der Waals surface area contributed by atoms with Gasteiger partial charge < -0.3 is 0 Å². The second-order valence-corrected chi connectivity index (χ2v) is 6.68. The standard InChI is InChI=1S/C19H24N4/c1-15-7-9-17(10-8-15)14-23-19(18(13-20)21-22-23)12-11-16-5-3-2-4-6-16/h7-10,16H,2-6,11-12,14H2,1H3. The molecule has 3 rings (SSSR count). The van der Waals surface area contributed by atoms with Gasteiger partial charge in [0.15, 0.2) is 5.69 Å². The van der Waals surface area contributed by atoms with E-state index in [0.29, 0.717) is 12.2 Å². The van der Waals surface area contributed by atoms with E-state index in [0.717, 1.165) is 24.5 Å². The number of benzene rings is 1. The summed E-state index contributed by atoms with van der Waals surface area (Å²) in [7, 11) is 0. The highest BCUT2D eigenvalue weighted by atomic mass is 15.4. The second kappa shape index (κ2) is 7.41. The molecule has 1 aromatic heterocycles. The lowest BCUT2D eigenvalue weighted by Crippen LogP contribution is -2.11. The predicted molar refractivity (Wildman–Crippen MR) is 89.9 cm³/mol. The van der Waals surface area contributed by atoms with Crippen LogP contribution in [0.3, 0.4) is 0 Å². The summed E-state index contributed by atoms with van der Waals surface area (Å²) in [6.45, 7) is 2.78. The van der Waals surface area contributed by atoms with Crippen LogP contribution in [-0.2, 0) is 13.0 Å². The van der Waals surface area contributed by atoms with Gasteiger partial charge in [-0.05, 0) is 31.2 Å². The van der Waals surface area contributed by atoms with Crippen LogP contribution in [0, 0.1) is 24.2 Å². The van der Waals surface area contributed by atoms with E-state index in [1.165, 1.54) is 43.2 Å². The smallest absolute Gasteiger partial charge is 0.185 e. The molecule has 0 spiro atoms. The maximum atomic E-state index is 9.31. The summed E-state index contributed by atoms with van der Waals surface area (Å²) in [4.78, 5) is 0. The van der Waals surface area contributed by atoms with Crippen LogP contribution < -0.4 is 0 Å². The first-order chi connectivity index (χ1) is 11.3. The summed E-state index contributed by atoms with van der Waals surface area (Å²) >= 11 is 0. The van der Waals surface area contributed by atoms with Gasteiger partial charge in [-0.15, -0.1) is 5.10 Å². The van der Waals surface area contributed by atoms with Crippen molar-refractivity contribution in [3.05, 3.63) is 46.8 Å². The Bertz CT molecular complexity index is 672. The van der Waals surface area contributed by atoms with Crippen LogP contribution in [0.4, 0.5) is 0 Å². The number of hydrogen-bond acceptors (Lipinski definition) is 3. The van der Waals surface area contributed by atoms with Crippen LogP contribution in [0.15, 0.2) is 24.3 Å². The van der Waals surface area contributed by atoms with Crippen molar-refractivity contribution in [1.29, 1.82) is 5.26 Å². The summed E-state index contributed by atoms with van der Waals surface area (Å²) in [5.74, 6) is 0.804. The first kappa shape index (κ1) is 15.7. The molecule has 4 heteroatoms. The van der Waals surface area contributed by atoms with E-state index in [9.17, 15) is 5.26 Å².